The number of pyridine rings is 1. The first-order chi connectivity index (χ1) is 14.4. The van der Waals surface area contributed by atoms with Gasteiger partial charge in [0, 0.05) is 24.1 Å². The Morgan fingerprint density at radius 3 is 2.47 bits per heavy atom. The summed E-state index contributed by atoms with van der Waals surface area (Å²) < 4.78 is 39.6. The van der Waals surface area contributed by atoms with Gasteiger partial charge in [-0.15, -0.1) is 0 Å². The van der Waals surface area contributed by atoms with Gasteiger partial charge in [-0.3, -0.25) is 0 Å². The second-order valence-electron chi connectivity index (χ2n) is 7.03. The summed E-state index contributed by atoms with van der Waals surface area (Å²) in [5.41, 5.74) is 2.84. The average molecular weight is 406 g/mol. The summed E-state index contributed by atoms with van der Waals surface area (Å²) in [7, 11) is 0. The van der Waals surface area contributed by atoms with Crippen LogP contribution < -0.4 is 4.74 Å². The Morgan fingerprint density at radius 1 is 1.00 bits per heavy atom. The largest absolute Gasteiger partial charge is 0.472 e. The van der Waals surface area contributed by atoms with Gasteiger partial charge in [-0.05, 0) is 36.8 Å². The minimum Gasteiger partial charge on any atom is -0.472 e. The number of ether oxygens (including phenoxy) is 1. The Morgan fingerprint density at radius 2 is 1.73 bits per heavy atom. The first-order valence-electron chi connectivity index (χ1n) is 9.50. The van der Waals surface area contributed by atoms with Gasteiger partial charge in [0.25, 0.3) is 5.92 Å². The highest BCUT2D eigenvalue weighted by atomic mass is 19.3. The molecule has 2 heterocycles. The molecule has 152 valence electrons. The number of benzene rings is 2. The van der Waals surface area contributed by atoms with E-state index in [1.165, 1.54) is 6.07 Å². The smallest absolute Gasteiger partial charge is 0.272 e. The number of aromatic nitrogens is 2. The first kappa shape index (κ1) is 19.8. The first-order valence-corrected chi connectivity index (χ1v) is 9.50. The lowest BCUT2D eigenvalue weighted by atomic mass is 10.1. The molecule has 0 N–H and O–H groups in total. The van der Waals surface area contributed by atoms with Crippen molar-refractivity contribution >= 4 is 23.3 Å². The van der Waals surface area contributed by atoms with Gasteiger partial charge in [0.05, 0.1) is 5.69 Å². The molecular formula is C24H20F2N2O2. The van der Waals surface area contributed by atoms with Crippen LogP contribution in [0.5, 0.6) is 5.88 Å². The van der Waals surface area contributed by atoms with Crippen LogP contribution in [0.15, 0.2) is 65.1 Å². The quantitative estimate of drug-likeness (QED) is 0.372. The normalized spacial score (nSPS) is 12.0. The topological polar surface area (TPSA) is 48.2 Å². The molecule has 2 aromatic carbocycles. The number of rotatable bonds is 6. The standard InChI is InChI=1S/C24H20F2N2O2/c1-16-19(24(2,25)26)14-18(23(27-16)29-15-17-8-4-3-5-9-17)12-13-22-28-20-10-6-7-11-21(20)30-22/h3-14H,15H2,1-2H3. The van der Waals surface area contributed by atoms with Crippen LogP contribution in [0.3, 0.4) is 0 Å². The molecule has 0 bridgehead atoms. The van der Waals surface area contributed by atoms with Gasteiger partial charge < -0.3 is 9.15 Å². The second kappa shape index (κ2) is 8.06. The number of aryl methyl sites for hydroxylation is 1. The van der Waals surface area contributed by atoms with Crippen LogP contribution >= 0.6 is 0 Å². The molecule has 2 aromatic heterocycles. The predicted octanol–water partition coefficient (Wildman–Crippen LogP) is 6.39. The maximum Gasteiger partial charge on any atom is 0.272 e. The van der Waals surface area contributed by atoms with Crippen LogP contribution in [0.2, 0.25) is 0 Å². The van der Waals surface area contributed by atoms with Gasteiger partial charge in [-0.1, -0.05) is 42.5 Å². The fourth-order valence-electron chi connectivity index (χ4n) is 3.13. The van der Waals surface area contributed by atoms with Crippen molar-refractivity contribution in [1.82, 2.24) is 9.97 Å². The molecule has 0 saturated carbocycles. The summed E-state index contributed by atoms with van der Waals surface area (Å²) in [6.45, 7) is 2.69. The van der Waals surface area contributed by atoms with E-state index in [1.54, 1.807) is 19.1 Å². The number of hydrogen-bond acceptors (Lipinski definition) is 4. The number of hydrogen-bond donors (Lipinski definition) is 0. The lowest BCUT2D eigenvalue weighted by Gasteiger charge is -2.16. The van der Waals surface area contributed by atoms with E-state index in [1.807, 2.05) is 54.6 Å². The van der Waals surface area contributed by atoms with Gasteiger partial charge in [-0.2, -0.15) is 0 Å². The van der Waals surface area contributed by atoms with Crippen LogP contribution in [0.1, 0.15) is 35.2 Å². The van der Waals surface area contributed by atoms with E-state index in [0.717, 1.165) is 18.0 Å². The molecule has 4 nitrogen and oxygen atoms in total. The summed E-state index contributed by atoms with van der Waals surface area (Å²) in [6.07, 6.45) is 3.26. The van der Waals surface area contributed by atoms with E-state index in [2.05, 4.69) is 9.97 Å². The minimum absolute atomic E-state index is 0.147. The Labute approximate surface area is 172 Å². The fraction of sp³-hybridized carbons (Fsp3) is 0.167. The van der Waals surface area contributed by atoms with Crippen LogP contribution in [0, 0.1) is 6.92 Å². The molecule has 4 rings (SSSR count). The van der Waals surface area contributed by atoms with Gasteiger partial charge in [0.2, 0.25) is 11.8 Å². The molecule has 0 spiro atoms. The highest BCUT2D eigenvalue weighted by molar-refractivity contribution is 5.76. The van der Waals surface area contributed by atoms with E-state index in [9.17, 15) is 8.78 Å². The van der Waals surface area contributed by atoms with E-state index in [4.69, 9.17) is 9.15 Å². The molecule has 6 heteroatoms. The Balaban J connectivity index is 1.68. The number of alkyl halides is 2. The Hall–Kier alpha value is -3.54. The highest BCUT2D eigenvalue weighted by Crippen LogP contribution is 2.33. The van der Waals surface area contributed by atoms with Crippen LogP contribution in [0.25, 0.3) is 23.3 Å². The van der Waals surface area contributed by atoms with Crippen molar-refractivity contribution in [3.8, 4) is 5.88 Å². The third-order valence-electron chi connectivity index (χ3n) is 4.61. The van der Waals surface area contributed by atoms with Crippen molar-refractivity contribution in [2.45, 2.75) is 26.4 Å². The van der Waals surface area contributed by atoms with Gasteiger partial charge in [0.15, 0.2) is 5.58 Å². The summed E-state index contributed by atoms with van der Waals surface area (Å²) in [6, 6.07) is 18.4. The van der Waals surface area contributed by atoms with E-state index < -0.39 is 5.92 Å². The number of fused-ring (bicyclic) bond motifs is 1. The SMILES string of the molecule is Cc1nc(OCc2ccccc2)c(C=Cc2nc3ccccc3o2)cc1C(C)(F)F. The van der Waals surface area contributed by atoms with Gasteiger partial charge in [-0.25, -0.2) is 18.7 Å². The molecule has 0 aliphatic heterocycles. The number of nitrogens with zero attached hydrogens (tertiary/aromatic N) is 2. The molecule has 0 saturated heterocycles. The van der Waals surface area contributed by atoms with E-state index in [-0.39, 0.29) is 23.7 Å². The monoisotopic (exact) mass is 406 g/mol. The summed E-state index contributed by atoms with van der Waals surface area (Å²) >= 11 is 0. The fourth-order valence-corrected chi connectivity index (χ4v) is 3.13. The summed E-state index contributed by atoms with van der Waals surface area (Å²) in [4.78, 5) is 8.68. The zero-order valence-corrected chi connectivity index (χ0v) is 16.6. The molecule has 0 aliphatic rings. The average Bonchev–Trinajstić information content (AvgIpc) is 3.14. The second-order valence-corrected chi connectivity index (χ2v) is 7.03. The Bertz CT molecular complexity index is 1160. The van der Waals surface area contributed by atoms with Crippen molar-refractivity contribution in [2.24, 2.45) is 0 Å². The lowest BCUT2D eigenvalue weighted by Crippen LogP contribution is -2.12. The number of para-hydroxylation sites is 2. The zero-order chi connectivity index (χ0) is 21.1. The molecule has 0 amide bonds. The van der Waals surface area contributed by atoms with Crippen molar-refractivity contribution in [2.75, 3.05) is 0 Å². The molecule has 0 aliphatic carbocycles. The molecule has 0 atom stereocenters. The predicted molar refractivity (Wildman–Crippen MR) is 112 cm³/mol. The minimum atomic E-state index is -3.02. The molecule has 4 aromatic rings. The van der Waals surface area contributed by atoms with Crippen molar-refractivity contribution in [1.29, 1.82) is 0 Å². The summed E-state index contributed by atoms with van der Waals surface area (Å²) in [5.74, 6) is -2.37. The zero-order valence-electron chi connectivity index (χ0n) is 16.6. The third kappa shape index (κ3) is 4.38. The van der Waals surface area contributed by atoms with Crippen molar-refractivity contribution < 1.29 is 17.9 Å². The molecule has 0 radical (unpaired) electrons. The summed E-state index contributed by atoms with van der Waals surface area (Å²) in [5, 5.41) is 0. The van der Waals surface area contributed by atoms with Crippen LogP contribution in [-0.2, 0) is 12.5 Å². The van der Waals surface area contributed by atoms with E-state index in [0.29, 0.717) is 17.0 Å². The molecule has 30 heavy (non-hydrogen) atoms. The van der Waals surface area contributed by atoms with Crippen LogP contribution in [0.4, 0.5) is 8.78 Å². The highest BCUT2D eigenvalue weighted by Gasteiger charge is 2.28. The van der Waals surface area contributed by atoms with Gasteiger partial charge >= 0.3 is 0 Å². The number of oxazole rings is 1. The molecule has 0 unspecified atom stereocenters. The third-order valence-corrected chi connectivity index (χ3v) is 4.61. The molecular weight excluding hydrogens is 386 g/mol. The lowest BCUT2D eigenvalue weighted by molar-refractivity contribution is 0.0163. The van der Waals surface area contributed by atoms with Gasteiger partial charge in [0.1, 0.15) is 12.1 Å². The van der Waals surface area contributed by atoms with Crippen molar-refractivity contribution in [3.63, 3.8) is 0 Å². The maximum absolute atomic E-state index is 14.0. The maximum atomic E-state index is 14.0. The van der Waals surface area contributed by atoms with Crippen molar-refractivity contribution in [3.05, 3.63) is 88.9 Å². The number of halogens is 2. The Kier molecular flexibility index (Phi) is 5.31. The molecule has 0 fully saturated rings. The van der Waals surface area contributed by atoms with Crippen LogP contribution in [-0.4, -0.2) is 9.97 Å². The van der Waals surface area contributed by atoms with E-state index >= 15 is 0 Å².